The van der Waals surface area contributed by atoms with Crippen molar-refractivity contribution in [1.82, 2.24) is 24.3 Å². The van der Waals surface area contributed by atoms with Gasteiger partial charge in [-0.3, -0.25) is 4.40 Å². The van der Waals surface area contributed by atoms with Crippen molar-refractivity contribution in [3.63, 3.8) is 0 Å². The van der Waals surface area contributed by atoms with Gasteiger partial charge in [-0.1, -0.05) is 11.3 Å². The van der Waals surface area contributed by atoms with E-state index >= 15 is 0 Å². The van der Waals surface area contributed by atoms with E-state index < -0.39 is 50.5 Å². The van der Waals surface area contributed by atoms with Gasteiger partial charge in [0.2, 0.25) is 15.0 Å². The van der Waals surface area contributed by atoms with Crippen LogP contribution in [0.5, 0.6) is 0 Å². The average Bonchev–Trinajstić information content (AvgIpc) is 3.82. The summed E-state index contributed by atoms with van der Waals surface area (Å²) in [5.41, 5.74) is -1.21. The molecule has 240 valence electrons. The Kier molecular flexibility index (Phi) is 6.89. The number of nitrogens with one attached hydrogen (secondary N) is 1. The molecule has 0 amide bonds. The first-order valence-electron chi connectivity index (χ1n) is 14.4. The van der Waals surface area contributed by atoms with Crippen molar-refractivity contribution >= 4 is 32.7 Å². The number of nitrogens with zero attached hydrogens (tertiary/aromatic N) is 5. The first-order chi connectivity index (χ1) is 20.8. The number of aliphatic hydroxyl groups excluding tert-OH is 1. The van der Waals surface area contributed by atoms with Gasteiger partial charge in [0.25, 0.3) is 0 Å². The van der Waals surface area contributed by atoms with Crippen LogP contribution in [0.2, 0.25) is 0 Å². The van der Waals surface area contributed by atoms with Gasteiger partial charge in [-0.15, -0.1) is 10.2 Å². The fourth-order valence-corrected chi connectivity index (χ4v) is 8.66. The second-order valence-electron chi connectivity index (χ2n) is 12.5. The molecule has 0 radical (unpaired) electrons. The number of imidazole rings is 1. The lowest BCUT2D eigenvalue weighted by atomic mass is 9.74. The molecule has 0 aromatic carbocycles. The topological polar surface area (TPSA) is 131 Å². The van der Waals surface area contributed by atoms with E-state index in [0.29, 0.717) is 86.6 Å². The predicted molar refractivity (Wildman–Crippen MR) is 151 cm³/mol. The summed E-state index contributed by atoms with van der Waals surface area (Å²) < 4.78 is 97.4. The number of piperidine rings is 1. The molecule has 2 aliphatic heterocycles. The number of anilines is 1. The molecule has 1 spiro atoms. The highest BCUT2D eigenvalue weighted by Crippen LogP contribution is 2.53. The number of rotatable bonds is 8. The Hall–Kier alpha value is -2.44. The van der Waals surface area contributed by atoms with Gasteiger partial charge in [0, 0.05) is 31.8 Å². The molecule has 1 unspecified atom stereocenters. The first kappa shape index (κ1) is 30.2. The van der Waals surface area contributed by atoms with Crippen molar-refractivity contribution in [2.24, 2.45) is 5.41 Å². The van der Waals surface area contributed by atoms with E-state index in [2.05, 4.69) is 14.9 Å². The van der Waals surface area contributed by atoms with Crippen LogP contribution in [-0.2, 0) is 31.3 Å². The number of alkyl halides is 4. The number of ether oxygens (including phenoxy) is 2. The molecule has 2 atom stereocenters. The number of aromatic nitrogens is 4. The maximum atomic E-state index is 13.8. The number of fused-ring (bicyclic) bond motifs is 1. The van der Waals surface area contributed by atoms with Crippen LogP contribution < -0.4 is 9.62 Å². The Morgan fingerprint density at radius 2 is 1.89 bits per heavy atom. The minimum absolute atomic E-state index is 0.0863. The van der Waals surface area contributed by atoms with Crippen molar-refractivity contribution in [1.29, 1.82) is 0 Å². The van der Waals surface area contributed by atoms with Crippen LogP contribution in [0.4, 0.5) is 23.2 Å². The van der Waals surface area contributed by atoms with Crippen molar-refractivity contribution < 1.29 is 40.6 Å². The molecule has 2 N–H and O–H groups in total. The predicted octanol–water partition coefficient (Wildman–Crippen LogP) is 3.65. The third-order valence-electron chi connectivity index (χ3n) is 9.65. The van der Waals surface area contributed by atoms with Crippen LogP contribution >= 0.6 is 11.3 Å². The first-order valence-corrected chi connectivity index (χ1v) is 16.7. The SMILES string of the molecule is COC1(c2nc3c(N4CCC5(CC4)CO[C@H](C)C5O)cc(S(=O)(=O)NC4(CF)CC4)cn3c2-c2nnc(C(F)(F)F)s2)CC1. The zero-order valence-corrected chi connectivity index (χ0v) is 25.7. The third kappa shape index (κ3) is 4.81. The third-order valence-corrected chi connectivity index (χ3v) is 12.2. The summed E-state index contributed by atoms with van der Waals surface area (Å²) in [5, 5.41) is 16.8. The number of hydrogen-bond acceptors (Lipinski definition) is 10. The summed E-state index contributed by atoms with van der Waals surface area (Å²) in [6.45, 7) is 2.26. The standard InChI is InChI=1S/C27H32F4N6O5S2/c1-15-20(38)24(14-42-15)7-9-36(10-8-24)17-11-16(44(39,40)35-25(13-28)3-4-25)12-37-18(22-33-34-23(43-22)27(29,30)31)19(32-21(17)37)26(41-2)5-6-26/h11-12,15,20,35,38H,3-10,13-14H2,1-2H3/t15-,20?/m1/s1. The maximum absolute atomic E-state index is 13.8. The average molecular weight is 661 g/mol. The minimum atomic E-state index is -4.72. The fraction of sp³-hybridized carbons (Fsp3) is 0.667. The normalized spacial score (nSPS) is 25.7. The van der Waals surface area contributed by atoms with Crippen molar-refractivity contribution in [2.45, 2.75) is 79.9 Å². The molecule has 3 aromatic heterocycles. The molecule has 5 heterocycles. The molecule has 2 aliphatic carbocycles. The molecule has 17 heteroatoms. The van der Waals surface area contributed by atoms with Gasteiger partial charge in [0.05, 0.1) is 30.0 Å². The summed E-state index contributed by atoms with van der Waals surface area (Å²) in [6, 6.07) is 1.47. The molecule has 44 heavy (non-hydrogen) atoms. The molecule has 7 rings (SSSR count). The van der Waals surface area contributed by atoms with Gasteiger partial charge in [-0.25, -0.2) is 22.5 Å². The van der Waals surface area contributed by atoms with Crippen LogP contribution in [0.3, 0.4) is 0 Å². The van der Waals surface area contributed by atoms with Crippen LogP contribution in [0.15, 0.2) is 17.2 Å². The highest BCUT2D eigenvalue weighted by molar-refractivity contribution is 7.89. The Morgan fingerprint density at radius 1 is 1.18 bits per heavy atom. The van der Waals surface area contributed by atoms with Crippen LogP contribution in [0.1, 0.15) is 56.2 Å². The van der Waals surface area contributed by atoms with Crippen LogP contribution in [0.25, 0.3) is 16.3 Å². The number of methoxy groups -OCH3 is 1. The smallest absolute Gasteiger partial charge is 0.390 e. The van der Waals surface area contributed by atoms with E-state index in [1.54, 1.807) is 0 Å². The van der Waals surface area contributed by atoms with Gasteiger partial charge < -0.3 is 19.5 Å². The van der Waals surface area contributed by atoms with E-state index in [0.717, 1.165) is 0 Å². The molecule has 2 saturated carbocycles. The molecule has 4 fully saturated rings. The highest BCUT2D eigenvalue weighted by atomic mass is 32.2. The molecular weight excluding hydrogens is 628 g/mol. The van der Waals surface area contributed by atoms with E-state index in [9.17, 15) is 31.1 Å². The Labute approximate surface area is 254 Å². The van der Waals surface area contributed by atoms with Gasteiger partial charge in [-0.05, 0) is 51.5 Å². The van der Waals surface area contributed by atoms with E-state index in [4.69, 9.17) is 14.5 Å². The van der Waals surface area contributed by atoms with E-state index in [-0.39, 0.29) is 21.7 Å². The lowest BCUT2D eigenvalue weighted by Gasteiger charge is -2.41. The second kappa shape index (κ2) is 10.0. The lowest BCUT2D eigenvalue weighted by molar-refractivity contribution is -0.138. The number of pyridine rings is 1. The van der Waals surface area contributed by atoms with Crippen LogP contribution in [-0.4, -0.2) is 84.3 Å². The molecule has 4 aliphatic rings. The molecule has 2 saturated heterocycles. The number of halogens is 4. The quantitative estimate of drug-likeness (QED) is 0.348. The van der Waals surface area contributed by atoms with Crippen LogP contribution in [0, 0.1) is 5.41 Å². The highest BCUT2D eigenvalue weighted by Gasteiger charge is 2.52. The number of sulfonamides is 1. The molecule has 0 bridgehead atoms. The molecule has 11 nitrogen and oxygen atoms in total. The molecule has 3 aromatic rings. The fourth-order valence-electron chi connectivity index (χ4n) is 6.45. The second-order valence-corrected chi connectivity index (χ2v) is 15.2. The van der Waals surface area contributed by atoms with Gasteiger partial charge in [0.1, 0.15) is 28.6 Å². The number of hydrogen-bond donors (Lipinski definition) is 2. The monoisotopic (exact) mass is 660 g/mol. The zero-order valence-electron chi connectivity index (χ0n) is 24.0. The Balaban J connectivity index is 1.40. The maximum Gasteiger partial charge on any atom is 0.445 e. The summed E-state index contributed by atoms with van der Waals surface area (Å²) in [6.07, 6.45) is -1.39. The van der Waals surface area contributed by atoms with Crippen molar-refractivity contribution in [3.05, 3.63) is 23.0 Å². The van der Waals surface area contributed by atoms with Gasteiger partial charge >= 0.3 is 6.18 Å². The minimum Gasteiger partial charge on any atom is -0.390 e. The summed E-state index contributed by atoms with van der Waals surface area (Å²) in [4.78, 5) is 6.66. The number of aliphatic hydroxyl groups is 1. The van der Waals surface area contributed by atoms with Gasteiger partial charge in [-0.2, -0.15) is 13.2 Å². The summed E-state index contributed by atoms with van der Waals surface area (Å²) >= 11 is 0.339. The summed E-state index contributed by atoms with van der Waals surface area (Å²) in [5.74, 6) is 0. The van der Waals surface area contributed by atoms with Crippen molar-refractivity contribution in [3.8, 4) is 10.7 Å². The van der Waals surface area contributed by atoms with Crippen molar-refractivity contribution in [2.75, 3.05) is 38.4 Å². The zero-order chi connectivity index (χ0) is 31.3. The Bertz CT molecular complexity index is 1710. The van der Waals surface area contributed by atoms with E-state index in [1.165, 1.54) is 23.8 Å². The summed E-state index contributed by atoms with van der Waals surface area (Å²) in [7, 11) is -2.77. The largest absolute Gasteiger partial charge is 0.445 e. The molecular formula is C27H32F4N6O5S2. The Morgan fingerprint density at radius 3 is 2.41 bits per heavy atom. The van der Waals surface area contributed by atoms with E-state index in [1.807, 2.05) is 11.8 Å². The van der Waals surface area contributed by atoms with Gasteiger partial charge in [0.15, 0.2) is 10.7 Å². The lowest BCUT2D eigenvalue weighted by Crippen LogP contribution is -2.47.